The van der Waals surface area contributed by atoms with E-state index in [-0.39, 0.29) is 11.8 Å². The molecule has 1 aromatic heterocycles. The Morgan fingerprint density at radius 3 is 2.68 bits per heavy atom. The number of unbranched alkanes of at least 4 members (excludes halogenated alkanes) is 1. The average Bonchev–Trinajstić information content (AvgIpc) is 3.23. The maximum Gasteiger partial charge on any atom is 0.216 e. The van der Waals surface area contributed by atoms with Gasteiger partial charge in [0.1, 0.15) is 12.4 Å². The van der Waals surface area contributed by atoms with Crippen molar-refractivity contribution in [2.75, 3.05) is 13.2 Å². The van der Waals surface area contributed by atoms with E-state index < -0.39 is 0 Å². The van der Waals surface area contributed by atoms with Crippen LogP contribution in [0, 0.1) is 6.92 Å². The number of benzene rings is 1. The van der Waals surface area contributed by atoms with Crippen LogP contribution in [-0.2, 0) is 4.74 Å². The zero-order chi connectivity index (χ0) is 17.6. The van der Waals surface area contributed by atoms with E-state index in [0.717, 1.165) is 29.0 Å². The lowest BCUT2D eigenvalue weighted by Gasteiger charge is -2.07. The molecule has 0 fully saturated rings. The molecule has 3 rings (SSSR count). The molecule has 25 heavy (non-hydrogen) atoms. The molecule has 132 valence electrons. The van der Waals surface area contributed by atoms with Gasteiger partial charge in [-0.25, -0.2) is 4.99 Å². The van der Waals surface area contributed by atoms with E-state index in [2.05, 4.69) is 4.99 Å². The molecule has 0 amide bonds. The van der Waals surface area contributed by atoms with Gasteiger partial charge in [-0.05, 0) is 63.1 Å². The van der Waals surface area contributed by atoms with Gasteiger partial charge >= 0.3 is 0 Å². The van der Waals surface area contributed by atoms with Crippen LogP contribution in [0.3, 0.4) is 0 Å². The summed E-state index contributed by atoms with van der Waals surface area (Å²) in [6, 6.07) is 11.9. The average molecular weight is 357 g/mol. The fourth-order valence-corrected chi connectivity index (χ4v) is 3.45. The predicted molar refractivity (Wildman–Crippen MR) is 101 cm³/mol. The summed E-state index contributed by atoms with van der Waals surface area (Å²) in [5, 5.41) is 0. The molecule has 2 heterocycles. The Kier molecular flexibility index (Phi) is 5.87. The van der Waals surface area contributed by atoms with Crippen LogP contribution in [0.25, 0.3) is 0 Å². The highest BCUT2D eigenvalue weighted by Gasteiger charge is 2.15. The Morgan fingerprint density at radius 1 is 1.24 bits per heavy atom. The molecule has 0 saturated heterocycles. The number of carbonyl (C=O) groups is 1. The number of ketones is 1. The molecule has 0 bridgehead atoms. The molecule has 5 heteroatoms. The Labute approximate surface area is 152 Å². The van der Waals surface area contributed by atoms with E-state index in [1.807, 2.05) is 50.2 Å². The first kappa shape index (κ1) is 17.7. The van der Waals surface area contributed by atoms with Crippen molar-refractivity contribution in [3.05, 3.63) is 51.7 Å². The van der Waals surface area contributed by atoms with E-state index in [1.54, 1.807) is 11.3 Å². The lowest BCUT2D eigenvalue weighted by Crippen LogP contribution is -2.03. The van der Waals surface area contributed by atoms with Gasteiger partial charge in [-0.15, -0.1) is 11.3 Å². The molecule has 0 spiro atoms. The van der Waals surface area contributed by atoms with E-state index in [4.69, 9.17) is 9.47 Å². The molecular weight excluding hydrogens is 334 g/mol. The summed E-state index contributed by atoms with van der Waals surface area (Å²) in [4.78, 5) is 18.5. The summed E-state index contributed by atoms with van der Waals surface area (Å²) < 4.78 is 11.3. The Balaban J connectivity index is 1.38. The fraction of sp³-hybridized carbons (Fsp3) is 0.400. The molecule has 1 aromatic carbocycles. The SMILES string of the molecule is Cc1ccc(C(=O)CCCCOc2ccc(C3=NC(C)CO3)cc2)s1. The molecule has 0 N–H and O–H groups in total. The highest BCUT2D eigenvalue weighted by molar-refractivity contribution is 7.14. The van der Waals surface area contributed by atoms with Crippen molar-refractivity contribution in [1.82, 2.24) is 0 Å². The Morgan fingerprint density at radius 2 is 2.04 bits per heavy atom. The van der Waals surface area contributed by atoms with Crippen LogP contribution in [0.2, 0.25) is 0 Å². The van der Waals surface area contributed by atoms with E-state index in [1.165, 1.54) is 4.88 Å². The normalized spacial score (nSPS) is 16.4. The number of hydrogen-bond donors (Lipinski definition) is 0. The van der Waals surface area contributed by atoms with E-state index in [0.29, 0.717) is 25.5 Å². The van der Waals surface area contributed by atoms with E-state index in [9.17, 15) is 4.79 Å². The zero-order valence-electron chi connectivity index (χ0n) is 14.7. The first-order valence-corrected chi connectivity index (χ1v) is 9.47. The molecule has 4 nitrogen and oxygen atoms in total. The second-order valence-electron chi connectivity index (χ2n) is 6.26. The number of ether oxygens (including phenoxy) is 2. The van der Waals surface area contributed by atoms with Crippen LogP contribution in [0.4, 0.5) is 0 Å². The highest BCUT2D eigenvalue weighted by Crippen LogP contribution is 2.19. The van der Waals surface area contributed by atoms with Crippen LogP contribution in [0.15, 0.2) is 41.4 Å². The second kappa shape index (κ2) is 8.30. The van der Waals surface area contributed by atoms with Crippen LogP contribution < -0.4 is 4.74 Å². The third kappa shape index (κ3) is 4.92. The Hall–Kier alpha value is -2.14. The minimum atomic E-state index is 0.228. The molecule has 0 aliphatic carbocycles. The van der Waals surface area contributed by atoms with Gasteiger partial charge < -0.3 is 9.47 Å². The minimum Gasteiger partial charge on any atom is -0.494 e. The topological polar surface area (TPSA) is 47.9 Å². The number of hydrogen-bond acceptors (Lipinski definition) is 5. The smallest absolute Gasteiger partial charge is 0.216 e. The number of rotatable bonds is 8. The second-order valence-corrected chi connectivity index (χ2v) is 7.55. The van der Waals surface area contributed by atoms with Crippen molar-refractivity contribution in [2.24, 2.45) is 4.99 Å². The number of Topliss-reactive ketones (excluding diaryl/α,β-unsaturated/α-hetero) is 1. The van der Waals surface area contributed by atoms with Crippen molar-refractivity contribution in [2.45, 2.75) is 39.2 Å². The van der Waals surface area contributed by atoms with Gasteiger partial charge in [0.2, 0.25) is 5.90 Å². The van der Waals surface area contributed by atoms with Gasteiger partial charge in [-0.2, -0.15) is 0 Å². The Bertz CT molecular complexity index is 749. The minimum absolute atomic E-state index is 0.228. The molecule has 1 aliphatic heterocycles. The fourth-order valence-electron chi connectivity index (χ4n) is 2.61. The monoisotopic (exact) mass is 357 g/mol. The van der Waals surface area contributed by atoms with Crippen LogP contribution in [0.5, 0.6) is 5.75 Å². The van der Waals surface area contributed by atoms with Gasteiger partial charge in [0.25, 0.3) is 0 Å². The summed E-state index contributed by atoms with van der Waals surface area (Å²) in [5.41, 5.74) is 0.980. The van der Waals surface area contributed by atoms with Crippen molar-refractivity contribution in [3.63, 3.8) is 0 Å². The third-order valence-corrected chi connectivity index (χ3v) is 5.02. The standard InChI is InChI=1S/C20H23NO3S/c1-14-13-24-20(21-14)16-7-9-17(10-8-16)23-12-4-3-5-18(22)19-11-6-15(2)25-19/h6-11,14H,3-5,12-13H2,1-2H3. The first-order chi connectivity index (χ1) is 12.1. The third-order valence-electron chi connectivity index (χ3n) is 3.98. The van der Waals surface area contributed by atoms with Gasteiger partial charge in [-0.1, -0.05) is 0 Å². The van der Waals surface area contributed by atoms with Crippen LogP contribution in [0.1, 0.15) is 46.3 Å². The molecule has 0 saturated carbocycles. The first-order valence-electron chi connectivity index (χ1n) is 8.65. The number of thiophene rings is 1. The summed E-state index contributed by atoms with van der Waals surface area (Å²) in [5.74, 6) is 1.77. The van der Waals surface area contributed by atoms with Crippen molar-refractivity contribution in [3.8, 4) is 5.75 Å². The van der Waals surface area contributed by atoms with Crippen molar-refractivity contribution in [1.29, 1.82) is 0 Å². The largest absolute Gasteiger partial charge is 0.494 e. The predicted octanol–water partition coefficient (Wildman–Crippen LogP) is 4.65. The summed E-state index contributed by atoms with van der Waals surface area (Å²) in [6.45, 7) is 5.32. The highest BCUT2D eigenvalue weighted by atomic mass is 32.1. The number of nitrogens with zero attached hydrogens (tertiary/aromatic N) is 1. The molecule has 1 atom stereocenters. The maximum atomic E-state index is 12.0. The van der Waals surface area contributed by atoms with Gasteiger partial charge in [0.05, 0.1) is 17.5 Å². The van der Waals surface area contributed by atoms with Gasteiger partial charge in [-0.3, -0.25) is 4.79 Å². The molecule has 1 unspecified atom stereocenters. The molecule has 2 aromatic rings. The molecule has 0 radical (unpaired) electrons. The quantitative estimate of drug-likeness (QED) is 0.510. The molecule has 1 aliphatic rings. The van der Waals surface area contributed by atoms with Gasteiger partial charge in [0.15, 0.2) is 5.78 Å². The lowest BCUT2D eigenvalue weighted by molar-refractivity contribution is 0.0981. The zero-order valence-corrected chi connectivity index (χ0v) is 15.5. The van der Waals surface area contributed by atoms with Crippen LogP contribution in [-0.4, -0.2) is 30.9 Å². The summed E-state index contributed by atoms with van der Waals surface area (Å²) in [6.07, 6.45) is 2.29. The number of carbonyl (C=O) groups excluding carboxylic acids is 1. The van der Waals surface area contributed by atoms with E-state index >= 15 is 0 Å². The van der Waals surface area contributed by atoms with Crippen molar-refractivity contribution >= 4 is 23.0 Å². The summed E-state index contributed by atoms with van der Waals surface area (Å²) >= 11 is 1.57. The lowest BCUT2D eigenvalue weighted by atomic mass is 10.1. The maximum absolute atomic E-state index is 12.0. The van der Waals surface area contributed by atoms with Crippen LogP contribution >= 0.6 is 11.3 Å². The summed E-state index contributed by atoms with van der Waals surface area (Å²) in [7, 11) is 0. The van der Waals surface area contributed by atoms with Crippen molar-refractivity contribution < 1.29 is 14.3 Å². The molecular formula is C20H23NO3S. The number of aryl methyl sites for hydroxylation is 1. The van der Waals surface area contributed by atoms with Gasteiger partial charge in [0, 0.05) is 16.9 Å². The number of aliphatic imine (C=N–C) groups is 1.